The third-order valence-corrected chi connectivity index (χ3v) is 8.05. The first-order valence-corrected chi connectivity index (χ1v) is 13.7. The molecule has 9 aromatic rings. The number of para-hydroxylation sites is 2. The highest BCUT2D eigenvalue weighted by Gasteiger charge is 2.18. The van der Waals surface area contributed by atoms with Gasteiger partial charge in [0.25, 0.3) is 0 Å². The van der Waals surface area contributed by atoms with E-state index < -0.39 is 0 Å². The van der Waals surface area contributed by atoms with E-state index in [0.717, 1.165) is 55.4 Å². The fourth-order valence-electron chi connectivity index (χ4n) is 6.13. The van der Waals surface area contributed by atoms with Crippen molar-refractivity contribution in [3.8, 4) is 28.3 Å². The predicted molar refractivity (Wildman–Crippen MR) is 166 cm³/mol. The maximum Gasteiger partial charge on any atom is 0.227 e. The number of benzene rings is 6. The molecule has 41 heavy (non-hydrogen) atoms. The lowest BCUT2D eigenvalue weighted by molar-refractivity contribution is 0.622. The fraction of sp³-hybridized carbons (Fsp3) is 0. The van der Waals surface area contributed by atoms with Crippen LogP contribution in [0.4, 0.5) is 0 Å². The first-order valence-electron chi connectivity index (χ1n) is 13.7. The molecule has 0 bridgehead atoms. The summed E-state index contributed by atoms with van der Waals surface area (Å²) in [6.45, 7) is 0. The van der Waals surface area contributed by atoms with Crippen LogP contribution in [0.5, 0.6) is 0 Å². The van der Waals surface area contributed by atoms with Crippen LogP contribution >= 0.6 is 0 Å². The minimum absolute atomic E-state index is 0.592. The first kappa shape index (κ1) is 22.2. The molecule has 0 fully saturated rings. The normalized spacial score (nSPS) is 11.9. The molecule has 0 saturated carbocycles. The van der Waals surface area contributed by atoms with Gasteiger partial charge in [-0.3, -0.25) is 0 Å². The van der Waals surface area contributed by atoms with Crippen LogP contribution in [0.3, 0.4) is 0 Å². The Morgan fingerprint density at radius 1 is 0.488 bits per heavy atom. The Morgan fingerprint density at radius 3 is 1.90 bits per heavy atom. The molecule has 3 heterocycles. The summed E-state index contributed by atoms with van der Waals surface area (Å²) in [5.41, 5.74) is 9.88. The summed E-state index contributed by atoms with van der Waals surface area (Å²) in [6, 6.07) is 46.2. The van der Waals surface area contributed by atoms with Crippen molar-refractivity contribution in [3.05, 3.63) is 133 Å². The van der Waals surface area contributed by atoms with Gasteiger partial charge in [-0.15, -0.1) is 0 Å². The molecule has 3 aromatic heterocycles. The summed E-state index contributed by atoms with van der Waals surface area (Å²) in [5, 5.41) is 4.48. The lowest BCUT2D eigenvalue weighted by atomic mass is 10.0. The Kier molecular flexibility index (Phi) is 4.58. The van der Waals surface area contributed by atoms with E-state index in [1.54, 1.807) is 0 Å². The van der Waals surface area contributed by atoms with Crippen molar-refractivity contribution in [1.82, 2.24) is 9.55 Å². The van der Waals surface area contributed by atoms with Crippen LogP contribution in [0.15, 0.2) is 142 Å². The monoisotopic (exact) mass is 526 g/mol. The van der Waals surface area contributed by atoms with E-state index in [2.05, 4.69) is 114 Å². The maximum absolute atomic E-state index is 6.47. The Hall–Kier alpha value is -5.61. The molecule has 0 aliphatic rings. The SMILES string of the molecule is c1ccc(-c2ccc3oc4ccc5nc(-c6ccc(-n7c8ccccc8c8ccccc87)cc6)oc5c4c3c2)cc1. The van der Waals surface area contributed by atoms with Crippen molar-refractivity contribution >= 4 is 54.8 Å². The number of rotatable bonds is 3. The zero-order chi connectivity index (χ0) is 26.9. The fourth-order valence-corrected chi connectivity index (χ4v) is 6.13. The number of nitrogens with zero attached hydrogens (tertiary/aromatic N) is 2. The zero-order valence-corrected chi connectivity index (χ0v) is 21.9. The minimum Gasteiger partial charge on any atom is -0.456 e. The van der Waals surface area contributed by atoms with Gasteiger partial charge in [-0.25, -0.2) is 4.98 Å². The molecule has 0 atom stereocenters. The van der Waals surface area contributed by atoms with E-state index in [9.17, 15) is 0 Å². The summed E-state index contributed by atoms with van der Waals surface area (Å²) < 4.78 is 15.0. The lowest BCUT2D eigenvalue weighted by Gasteiger charge is -2.08. The van der Waals surface area contributed by atoms with Gasteiger partial charge in [0, 0.05) is 27.4 Å². The number of hydrogen-bond donors (Lipinski definition) is 0. The third kappa shape index (κ3) is 3.31. The summed E-state index contributed by atoms with van der Waals surface area (Å²) in [4.78, 5) is 4.88. The molecular formula is C37H22N2O2. The second-order valence-corrected chi connectivity index (χ2v) is 10.4. The van der Waals surface area contributed by atoms with E-state index >= 15 is 0 Å². The molecule has 9 rings (SSSR count). The van der Waals surface area contributed by atoms with Gasteiger partial charge in [0.05, 0.1) is 16.4 Å². The Bertz CT molecular complexity index is 2350. The summed E-state index contributed by atoms with van der Waals surface area (Å²) in [5.74, 6) is 0.592. The van der Waals surface area contributed by atoms with Crippen LogP contribution in [-0.2, 0) is 0 Å². The van der Waals surface area contributed by atoms with Crippen molar-refractivity contribution in [1.29, 1.82) is 0 Å². The first-order chi connectivity index (χ1) is 20.3. The van der Waals surface area contributed by atoms with Gasteiger partial charge >= 0.3 is 0 Å². The zero-order valence-electron chi connectivity index (χ0n) is 21.9. The van der Waals surface area contributed by atoms with Crippen LogP contribution in [0, 0.1) is 0 Å². The van der Waals surface area contributed by atoms with Gasteiger partial charge in [-0.05, 0) is 71.8 Å². The quantitative estimate of drug-likeness (QED) is 0.230. The molecule has 0 amide bonds. The number of hydrogen-bond acceptors (Lipinski definition) is 3. The van der Waals surface area contributed by atoms with Gasteiger partial charge in [-0.1, -0.05) is 72.8 Å². The van der Waals surface area contributed by atoms with E-state index in [0.29, 0.717) is 5.89 Å². The highest BCUT2D eigenvalue weighted by Crippen LogP contribution is 2.39. The van der Waals surface area contributed by atoms with Crippen molar-refractivity contribution in [3.63, 3.8) is 0 Å². The maximum atomic E-state index is 6.47. The molecule has 4 nitrogen and oxygen atoms in total. The molecule has 0 radical (unpaired) electrons. The number of aromatic nitrogens is 2. The molecule has 0 spiro atoms. The average Bonchev–Trinajstić information content (AvgIpc) is 3.73. The summed E-state index contributed by atoms with van der Waals surface area (Å²) >= 11 is 0. The van der Waals surface area contributed by atoms with Crippen LogP contribution in [0.25, 0.3) is 83.1 Å². The van der Waals surface area contributed by atoms with Crippen molar-refractivity contribution in [2.75, 3.05) is 0 Å². The molecule has 0 unspecified atom stereocenters. The Balaban J connectivity index is 1.18. The Morgan fingerprint density at radius 2 is 1.15 bits per heavy atom. The van der Waals surface area contributed by atoms with E-state index in [4.69, 9.17) is 13.8 Å². The molecule has 0 saturated heterocycles. The van der Waals surface area contributed by atoms with E-state index in [-0.39, 0.29) is 0 Å². The average molecular weight is 527 g/mol. The van der Waals surface area contributed by atoms with Crippen molar-refractivity contribution < 1.29 is 8.83 Å². The smallest absolute Gasteiger partial charge is 0.227 e. The van der Waals surface area contributed by atoms with Crippen LogP contribution in [0.2, 0.25) is 0 Å². The molecular weight excluding hydrogens is 504 g/mol. The van der Waals surface area contributed by atoms with Gasteiger partial charge in [0.2, 0.25) is 5.89 Å². The molecule has 0 N–H and O–H groups in total. The van der Waals surface area contributed by atoms with Crippen LogP contribution in [-0.4, -0.2) is 9.55 Å². The molecule has 0 aliphatic heterocycles. The Labute approximate surface area is 234 Å². The van der Waals surface area contributed by atoms with E-state index in [1.165, 1.54) is 21.8 Å². The largest absolute Gasteiger partial charge is 0.456 e. The number of fused-ring (bicyclic) bond motifs is 8. The lowest BCUT2D eigenvalue weighted by Crippen LogP contribution is -1.93. The number of furan rings is 1. The van der Waals surface area contributed by atoms with Gasteiger partial charge in [0.1, 0.15) is 16.7 Å². The minimum atomic E-state index is 0.592. The molecule has 192 valence electrons. The van der Waals surface area contributed by atoms with Crippen LogP contribution < -0.4 is 0 Å². The number of oxazole rings is 1. The summed E-state index contributed by atoms with van der Waals surface area (Å²) in [7, 11) is 0. The highest BCUT2D eigenvalue weighted by atomic mass is 16.4. The summed E-state index contributed by atoms with van der Waals surface area (Å²) in [6.07, 6.45) is 0. The second-order valence-electron chi connectivity index (χ2n) is 10.4. The van der Waals surface area contributed by atoms with E-state index in [1.807, 2.05) is 24.3 Å². The van der Waals surface area contributed by atoms with Gasteiger partial charge in [0.15, 0.2) is 5.58 Å². The predicted octanol–water partition coefficient (Wildman–Crippen LogP) is 10.2. The standard InChI is InChI=1S/C37H22N2O2/c1-2-8-23(9-3-1)25-16-20-33-29(22-25)35-34(40-33)21-19-30-36(35)41-37(38-30)24-14-17-26(18-15-24)39-31-12-6-4-10-27(31)28-11-5-7-13-32(28)39/h1-22H. The molecule has 6 aromatic carbocycles. The van der Waals surface area contributed by atoms with Crippen molar-refractivity contribution in [2.45, 2.75) is 0 Å². The molecule has 4 heteroatoms. The topological polar surface area (TPSA) is 44.1 Å². The third-order valence-electron chi connectivity index (χ3n) is 8.05. The van der Waals surface area contributed by atoms with Crippen molar-refractivity contribution in [2.24, 2.45) is 0 Å². The van der Waals surface area contributed by atoms with Gasteiger partial charge in [-0.2, -0.15) is 0 Å². The molecule has 0 aliphatic carbocycles. The van der Waals surface area contributed by atoms with Gasteiger partial charge < -0.3 is 13.4 Å². The van der Waals surface area contributed by atoms with Crippen LogP contribution in [0.1, 0.15) is 0 Å². The second kappa shape index (κ2) is 8.44. The highest BCUT2D eigenvalue weighted by molar-refractivity contribution is 6.17.